The monoisotopic (exact) mass is 774 g/mol. The molecular weight excluding hydrogens is 727 g/mol. The quantitative estimate of drug-likeness (QED) is 0.0824. The van der Waals surface area contributed by atoms with Gasteiger partial charge in [-0.05, 0) is 128 Å². The molecular formula is C52H48F5Li. The van der Waals surface area contributed by atoms with Crippen LogP contribution < -0.4 is 18.9 Å². The fourth-order valence-corrected chi connectivity index (χ4v) is 6.68. The van der Waals surface area contributed by atoms with Gasteiger partial charge in [0.25, 0.3) is 0 Å². The molecule has 2 aliphatic rings. The number of rotatable bonds is 2. The molecule has 0 N–H and O–H groups in total. The van der Waals surface area contributed by atoms with Gasteiger partial charge < -0.3 is 6.42 Å². The zero-order valence-electron chi connectivity index (χ0n) is 34.1. The number of benzene rings is 4. The summed E-state index contributed by atoms with van der Waals surface area (Å²) in [5.41, 5.74) is 7.56. The second-order valence-corrected chi connectivity index (χ2v) is 15.0. The van der Waals surface area contributed by atoms with Crippen LogP contribution in [0.1, 0.15) is 122 Å². The largest absolute Gasteiger partial charge is 1.00 e. The van der Waals surface area contributed by atoms with Gasteiger partial charge in [0, 0.05) is 16.7 Å². The van der Waals surface area contributed by atoms with E-state index in [1.165, 1.54) is 68.1 Å². The van der Waals surface area contributed by atoms with Crippen LogP contribution in [-0.2, 0) is 0 Å². The molecule has 2 aliphatic carbocycles. The maximum absolute atomic E-state index is 13.9. The van der Waals surface area contributed by atoms with Gasteiger partial charge in [0.15, 0.2) is 0 Å². The van der Waals surface area contributed by atoms with Crippen LogP contribution in [0.4, 0.5) is 22.0 Å². The molecule has 0 nitrogen and oxygen atoms in total. The summed E-state index contributed by atoms with van der Waals surface area (Å²) in [6, 6.07) is 30.3. The summed E-state index contributed by atoms with van der Waals surface area (Å²) in [4.78, 5) is 0. The molecule has 0 bridgehead atoms. The van der Waals surface area contributed by atoms with Crippen molar-refractivity contribution in [2.24, 2.45) is 11.8 Å². The summed E-state index contributed by atoms with van der Waals surface area (Å²) >= 11 is 0. The van der Waals surface area contributed by atoms with Crippen LogP contribution in [0.2, 0.25) is 0 Å². The van der Waals surface area contributed by atoms with E-state index in [2.05, 4.69) is 61.5 Å². The Hall–Kier alpha value is -5.15. The van der Waals surface area contributed by atoms with Gasteiger partial charge in [-0.2, -0.15) is 22.0 Å². The molecule has 58 heavy (non-hydrogen) atoms. The van der Waals surface area contributed by atoms with Gasteiger partial charge in [-0.1, -0.05) is 117 Å². The summed E-state index contributed by atoms with van der Waals surface area (Å²) in [5, 5.41) is 0. The fourth-order valence-electron chi connectivity index (χ4n) is 6.68. The van der Waals surface area contributed by atoms with Crippen LogP contribution in [0.3, 0.4) is 0 Å². The number of allylic oxidation sites excluding steroid dienone is 3. The van der Waals surface area contributed by atoms with Gasteiger partial charge in [0.1, 0.15) is 0 Å². The first-order valence-electron chi connectivity index (χ1n) is 19.5. The van der Waals surface area contributed by atoms with Gasteiger partial charge in [0.05, 0.1) is 0 Å². The Morgan fingerprint density at radius 1 is 0.448 bits per heavy atom. The van der Waals surface area contributed by atoms with E-state index < -0.39 is 23.6 Å². The van der Waals surface area contributed by atoms with E-state index in [-0.39, 0.29) is 18.9 Å². The molecule has 0 radical (unpaired) electrons. The van der Waals surface area contributed by atoms with E-state index in [0.29, 0.717) is 28.5 Å². The summed E-state index contributed by atoms with van der Waals surface area (Å²) in [6.07, 6.45) is 14.2. The maximum atomic E-state index is 13.9. The normalized spacial score (nSPS) is 18.3. The van der Waals surface area contributed by atoms with Crippen molar-refractivity contribution in [1.29, 1.82) is 0 Å². The van der Waals surface area contributed by atoms with Gasteiger partial charge >= 0.3 is 24.9 Å². The molecule has 0 spiro atoms. The minimum absolute atomic E-state index is 0. The summed E-state index contributed by atoms with van der Waals surface area (Å²) in [5.74, 6) is 15.1. The van der Waals surface area contributed by atoms with E-state index in [9.17, 15) is 22.0 Å². The van der Waals surface area contributed by atoms with Gasteiger partial charge in [-0.3, -0.25) is 5.92 Å². The zero-order chi connectivity index (χ0) is 41.2. The Labute approximate surface area is 355 Å². The second kappa shape index (κ2) is 24.6. The molecule has 0 amide bonds. The number of hydrogen-bond acceptors (Lipinski definition) is 0. The van der Waals surface area contributed by atoms with E-state index in [0.717, 1.165) is 23.0 Å². The van der Waals surface area contributed by atoms with Gasteiger partial charge in [-0.15, -0.1) is 17.7 Å². The minimum Gasteiger partial charge on any atom is -0.366 e. The van der Waals surface area contributed by atoms with Gasteiger partial charge in [-0.25, -0.2) is 0 Å². The Morgan fingerprint density at radius 3 is 1.05 bits per heavy atom. The van der Waals surface area contributed by atoms with Crippen LogP contribution in [0.15, 0.2) is 121 Å². The average Bonchev–Trinajstić information content (AvgIpc) is 3.23. The van der Waals surface area contributed by atoms with Crippen molar-refractivity contribution in [3.8, 4) is 41.4 Å². The zero-order valence-corrected chi connectivity index (χ0v) is 34.1. The molecule has 2 saturated carbocycles. The summed E-state index contributed by atoms with van der Waals surface area (Å²) < 4.78 is 64.0. The molecule has 6 rings (SSSR count). The third kappa shape index (κ3) is 16.4. The standard InChI is InChI=1S/C26H24F2.C17H17F3.C9H7.Li/c1-19-3-7-21(8-4-19)11-17-25(27)26(28)18-12-22-9-15-24(16-10-22)23-13-5-20(2)6-14-23;1-12-2-7-14(8-3-12)15-9-4-13(5-10-15)6-11-16(18)17(19)20;1-3-9-6-4-8(2)5-7-9;/h3-4,7-10,15-16,20,23H,5-6,13-14H2,1-2H3;4-5,9-10,12,14H,2-3,7-8H2,1H3;4-7H,2H3;/q;;-1;+1/b26-25+;;;. The molecule has 0 heterocycles. The first kappa shape index (κ1) is 47.2. The Kier molecular flexibility index (Phi) is 20.0. The average molecular weight is 775 g/mol. The Balaban J connectivity index is 0.000000260. The van der Waals surface area contributed by atoms with E-state index >= 15 is 0 Å². The molecule has 6 heteroatoms. The Morgan fingerprint density at radius 2 is 0.741 bits per heavy atom. The summed E-state index contributed by atoms with van der Waals surface area (Å²) in [7, 11) is 0. The smallest absolute Gasteiger partial charge is 0.366 e. The third-order valence-corrected chi connectivity index (χ3v) is 10.4. The fraction of sp³-hybridized carbons (Fsp3) is 0.308. The predicted octanol–water partition coefficient (Wildman–Crippen LogP) is 11.2. The molecule has 0 aromatic heterocycles. The van der Waals surface area contributed by atoms with Crippen molar-refractivity contribution < 1.29 is 40.8 Å². The number of aryl methyl sites for hydroxylation is 2. The third-order valence-electron chi connectivity index (χ3n) is 10.4. The van der Waals surface area contributed by atoms with Crippen molar-refractivity contribution in [2.75, 3.05) is 0 Å². The molecule has 0 unspecified atom stereocenters. The molecule has 4 aromatic rings. The molecule has 292 valence electrons. The molecule has 0 saturated heterocycles. The van der Waals surface area contributed by atoms with Crippen LogP contribution in [0.25, 0.3) is 0 Å². The molecule has 0 aliphatic heterocycles. The topological polar surface area (TPSA) is 0 Å². The molecule has 4 aromatic carbocycles. The SMILES string of the molecule is CC1CCC(c2ccc(C#CC(F)=C(F)F)cc2)CC1.Cc1ccc(C#C/C(F)=C(\F)C#Cc2ccc(C3CCC(C)CC3)cc2)cc1.[C-]#Cc1ccc(C)cc1.[Li+]. The minimum atomic E-state index is -2.37. The predicted molar refractivity (Wildman–Crippen MR) is 222 cm³/mol. The van der Waals surface area contributed by atoms with Crippen molar-refractivity contribution in [2.45, 2.75) is 90.9 Å². The van der Waals surface area contributed by atoms with Crippen molar-refractivity contribution in [3.05, 3.63) is 172 Å². The van der Waals surface area contributed by atoms with E-state index in [1.54, 1.807) is 24.3 Å². The van der Waals surface area contributed by atoms with Crippen molar-refractivity contribution in [3.63, 3.8) is 0 Å². The van der Waals surface area contributed by atoms with Crippen LogP contribution in [0, 0.1) is 73.5 Å². The van der Waals surface area contributed by atoms with Gasteiger partial charge in [0.2, 0.25) is 17.5 Å². The Bertz CT molecular complexity index is 2190. The van der Waals surface area contributed by atoms with Crippen molar-refractivity contribution >= 4 is 0 Å². The first-order valence-corrected chi connectivity index (χ1v) is 19.5. The second-order valence-electron chi connectivity index (χ2n) is 15.0. The maximum Gasteiger partial charge on any atom is 1.00 e. The van der Waals surface area contributed by atoms with E-state index in [1.807, 2.05) is 80.4 Å². The van der Waals surface area contributed by atoms with Crippen molar-refractivity contribution in [1.82, 2.24) is 0 Å². The number of hydrogen-bond donors (Lipinski definition) is 0. The first-order chi connectivity index (χ1) is 27.4. The summed E-state index contributed by atoms with van der Waals surface area (Å²) in [6.45, 7) is 8.56. The van der Waals surface area contributed by atoms with Crippen LogP contribution in [0.5, 0.6) is 0 Å². The van der Waals surface area contributed by atoms with Crippen LogP contribution in [-0.4, -0.2) is 0 Å². The number of halogens is 5. The van der Waals surface area contributed by atoms with Crippen LogP contribution >= 0.6 is 0 Å². The molecule has 2 fully saturated rings. The van der Waals surface area contributed by atoms with E-state index in [4.69, 9.17) is 6.42 Å². The molecule has 0 atom stereocenters.